The van der Waals surface area contributed by atoms with Crippen molar-refractivity contribution in [2.45, 2.75) is 33.1 Å². The van der Waals surface area contributed by atoms with Gasteiger partial charge in [0.1, 0.15) is 0 Å². The van der Waals surface area contributed by atoms with Crippen LogP contribution in [0.5, 0.6) is 0 Å². The Balaban J connectivity index is 1.49. The maximum Gasteiger partial charge on any atom is 0.255 e. The highest BCUT2D eigenvalue weighted by Gasteiger charge is 2.32. The lowest BCUT2D eigenvalue weighted by Gasteiger charge is -2.38. The first kappa shape index (κ1) is 19.1. The van der Waals surface area contributed by atoms with Crippen LogP contribution in [0.3, 0.4) is 0 Å². The number of piperazine rings is 1. The zero-order valence-electron chi connectivity index (χ0n) is 16.4. The van der Waals surface area contributed by atoms with Gasteiger partial charge in [-0.15, -0.1) is 0 Å². The summed E-state index contributed by atoms with van der Waals surface area (Å²) in [5.74, 6) is 0.406. The van der Waals surface area contributed by atoms with Gasteiger partial charge in [0.2, 0.25) is 5.91 Å². The molecular formula is C22H26ClN3O2. The first-order valence-corrected chi connectivity index (χ1v) is 10.4. The number of amides is 2. The molecule has 0 spiro atoms. The van der Waals surface area contributed by atoms with E-state index >= 15 is 0 Å². The summed E-state index contributed by atoms with van der Waals surface area (Å²) in [6, 6.07) is 9.72. The molecule has 4 rings (SSSR count). The second-order valence-corrected chi connectivity index (χ2v) is 8.27. The van der Waals surface area contributed by atoms with Gasteiger partial charge in [-0.25, -0.2) is 0 Å². The van der Waals surface area contributed by atoms with Gasteiger partial charge in [0.15, 0.2) is 0 Å². The fourth-order valence-corrected chi connectivity index (χ4v) is 4.30. The zero-order chi connectivity index (χ0) is 19.8. The van der Waals surface area contributed by atoms with Crippen molar-refractivity contribution in [2.24, 2.45) is 5.92 Å². The fourth-order valence-electron chi connectivity index (χ4n) is 4.11. The number of hydrogen-bond acceptors (Lipinski definition) is 2. The number of carbonyl (C=O) groups excluding carboxylic acids is 2. The molecule has 1 aromatic carbocycles. The molecule has 6 heteroatoms. The van der Waals surface area contributed by atoms with Crippen LogP contribution in [0.1, 0.15) is 41.0 Å². The lowest BCUT2D eigenvalue weighted by molar-refractivity contribution is -0.139. The van der Waals surface area contributed by atoms with E-state index in [1.54, 1.807) is 6.07 Å². The molecule has 2 heterocycles. The largest absolute Gasteiger partial charge is 0.339 e. The van der Waals surface area contributed by atoms with Crippen molar-refractivity contribution in [1.82, 2.24) is 14.4 Å². The van der Waals surface area contributed by atoms with Crippen LogP contribution >= 0.6 is 11.6 Å². The van der Waals surface area contributed by atoms with E-state index in [4.69, 9.17) is 11.6 Å². The smallest absolute Gasteiger partial charge is 0.255 e. The summed E-state index contributed by atoms with van der Waals surface area (Å²) in [6.45, 7) is 6.41. The average Bonchev–Trinajstić information content (AvgIpc) is 2.99. The third kappa shape index (κ3) is 3.44. The van der Waals surface area contributed by atoms with Crippen molar-refractivity contribution < 1.29 is 9.59 Å². The van der Waals surface area contributed by atoms with Crippen LogP contribution in [-0.4, -0.2) is 52.4 Å². The summed E-state index contributed by atoms with van der Waals surface area (Å²) in [5, 5.41) is 0.462. The lowest BCUT2D eigenvalue weighted by Crippen LogP contribution is -2.52. The molecule has 2 aromatic rings. The summed E-state index contributed by atoms with van der Waals surface area (Å²) >= 11 is 6.38. The molecule has 28 heavy (non-hydrogen) atoms. The number of halogens is 1. The van der Waals surface area contributed by atoms with Crippen LogP contribution in [0.4, 0.5) is 0 Å². The lowest BCUT2D eigenvalue weighted by atomic mass is 9.84. The molecule has 2 amide bonds. The van der Waals surface area contributed by atoms with E-state index in [9.17, 15) is 9.59 Å². The first-order chi connectivity index (χ1) is 13.5. The van der Waals surface area contributed by atoms with Gasteiger partial charge in [-0.3, -0.25) is 9.59 Å². The van der Waals surface area contributed by atoms with Crippen molar-refractivity contribution in [3.8, 4) is 5.69 Å². The summed E-state index contributed by atoms with van der Waals surface area (Å²) in [4.78, 5) is 29.3. The predicted octanol–water partition coefficient (Wildman–Crippen LogP) is 3.83. The Hall–Kier alpha value is -2.27. The summed E-state index contributed by atoms with van der Waals surface area (Å²) in [7, 11) is 0. The molecule has 1 aliphatic carbocycles. The Labute approximate surface area is 170 Å². The van der Waals surface area contributed by atoms with Crippen LogP contribution in [0.2, 0.25) is 5.02 Å². The van der Waals surface area contributed by atoms with Crippen molar-refractivity contribution >= 4 is 23.4 Å². The van der Waals surface area contributed by atoms with E-state index in [0.29, 0.717) is 36.8 Å². The number of benzene rings is 1. The van der Waals surface area contributed by atoms with Gasteiger partial charge in [0.25, 0.3) is 5.91 Å². The third-order valence-corrected chi connectivity index (χ3v) is 6.37. The molecule has 1 saturated heterocycles. The molecule has 1 aromatic heterocycles. The van der Waals surface area contributed by atoms with Crippen molar-refractivity contribution in [3.05, 3.63) is 52.3 Å². The number of aromatic nitrogens is 1. The molecule has 148 valence electrons. The molecule has 2 fully saturated rings. The van der Waals surface area contributed by atoms with Crippen molar-refractivity contribution in [2.75, 3.05) is 26.2 Å². The Kier molecular flexibility index (Phi) is 5.19. The maximum absolute atomic E-state index is 13.1. The third-order valence-electron chi connectivity index (χ3n) is 6.04. The first-order valence-electron chi connectivity index (χ1n) is 9.98. The molecule has 0 bridgehead atoms. The predicted molar refractivity (Wildman–Crippen MR) is 110 cm³/mol. The van der Waals surface area contributed by atoms with Gasteiger partial charge in [-0.1, -0.05) is 18.0 Å². The molecule has 0 unspecified atom stereocenters. The minimum atomic E-state index is -0.0648. The standard InChI is InChI=1S/C22H26ClN3O2/c1-15-6-7-16(2)26(15)18-8-9-20(23)19(14-18)22(28)25-12-10-24(11-13-25)21(27)17-4-3-5-17/h6-9,14,17H,3-5,10-13H2,1-2H3. The second-order valence-electron chi connectivity index (χ2n) is 7.86. The molecular weight excluding hydrogens is 374 g/mol. The van der Waals surface area contributed by atoms with Crippen LogP contribution in [0, 0.1) is 19.8 Å². The van der Waals surface area contributed by atoms with E-state index < -0.39 is 0 Å². The monoisotopic (exact) mass is 399 g/mol. The Morgan fingerprint density at radius 1 is 0.929 bits per heavy atom. The van der Waals surface area contributed by atoms with Crippen LogP contribution < -0.4 is 0 Å². The second kappa shape index (κ2) is 7.63. The van der Waals surface area contributed by atoms with Gasteiger partial charge in [0.05, 0.1) is 10.6 Å². The normalized spacial score (nSPS) is 17.5. The Morgan fingerprint density at radius 2 is 1.54 bits per heavy atom. The SMILES string of the molecule is Cc1ccc(C)n1-c1ccc(Cl)c(C(=O)N2CCN(C(=O)C3CCC3)CC2)c1. The highest BCUT2D eigenvalue weighted by atomic mass is 35.5. The zero-order valence-corrected chi connectivity index (χ0v) is 17.2. The Bertz CT molecular complexity index is 889. The molecule has 0 N–H and O–H groups in total. The number of aryl methyl sites for hydroxylation is 2. The highest BCUT2D eigenvalue weighted by Crippen LogP contribution is 2.29. The van der Waals surface area contributed by atoms with Gasteiger partial charge in [-0.2, -0.15) is 0 Å². The van der Waals surface area contributed by atoms with E-state index in [0.717, 1.165) is 36.3 Å². The fraction of sp³-hybridized carbons (Fsp3) is 0.455. The van der Waals surface area contributed by atoms with E-state index in [-0.39, 0.29) is 17.7 Å². The molecule has 5 nitrogen and oxygen atoms in total. The average molecular weight is 400 g/mol. The summed E-state index contributed by atoms with van der Waals surface area (Å²) in [6.07, 6.45) is 3.18. The number of rotatable bonds is 3. The van der Waals surface area contributed by atoms with E-state index in [1.807, 2.05) is 35.8 Å². The molecule has 2 aliphatic rings. The van der Waals surface area contributed by atoms with Gasteiger partial charge < -0.3 is 14.4 Å². The molecule has 0 radical (unpaired) electrons. The van der Waals surface area contributed by atoms with Crippen LogP contribution in [0.25, 0.3) is 5.69 Å². The summed E-state index contributed by atoms with van der Waals surface area (Å²) in [5.41, 5.74) is 3.68. The van der Waals surface area contributed by atoms with E-state index in [2.05, 4.69) is 16.7 Å². The molecule has 1 aliphatic heterocycles. The quantitative estimate of drug-likeness (QED) is 0.787. The number of carbonyl (C=O) groups is 2. The van der Waals surface area contributed by atoms with Gasteiger partial charge in [-0.05, 0) is 57.0 Å². The highest BCUT2D eigenvalue weighted by molar-refractivity contribution is 6.33. The minimum absolute atomic E-state index is 0.0648. The topological polar surface area (TPSA) is 45.6 Å². The summed E-state index contributed by atoms with van der Waals surface area (Å²) < 4.78 is 2.11. The molecule has 0 atom stereocenters. The van der Waals surface area contributed by atoms with Crippen LogP contribution in [0.15, 0.2) is 30.3 Å². The maximum atomic E-state index is 13.1. The van der Waals surface area contributed by atoms with Crippen molar-refractivity contribution in [1.29, 1.82) is 0 Å². The van der Waals surface area contributed by atoms with Crippen molar-refractivity contribution in [3.63, 3.8) is 0 Å². The van der Waals surface area contributed by atoms with Gasteiger partial charge in [0, 0.05) is 49.2 Å². The van der Waals surface area contributed by atoms with Gasteiger partial charge >= 0.3 is 0 Å². The number of hydrogen-bond donors (Lipinski definition) is 0. The minimum Gasteiger partial charge on any atom is -0.339 e. The Morgan fingerprint density at radius 3 is 2.11 bits per heavy atom. The van der Waals surface area contributed by atoms with Crippen LogP contribution in [-0.2, 0) is 4.79 Å². The number of nitrogens with zero attached hydrogens (tertiary/aromatic N) is 3. The molecule has 1 saturated carbocycles. The van der Waals surface area contributed by atoms with E-state index in [1.165, 1.54) is 0 Å².